The normalized spacial score (nSPS) is 17.6. The Kier molecular flexibility index (Phi) is 4.02. The molecular formula is C16H21N3O. The van der Waals surface area contributed by atoms with Crippen molar-refractivity contribution >= 4 is 0 Å². The quantitative estimate of drug-likeness (QED) is 0.847. The number of para-hydroxylation sites is 1. The van der Waals surface area contributed by atoms with Crippen molar-refractivity contribution in [3.8, 4) is 5.75 Å². The summed E-state index contributed by atoms with van der Waals surface area (Å²) in [4.78, 5) is 0. The van der Waals surface area contributed by atoms with Crippen molar-refractivity contribution in [1.82, 2.24) is 15.1 Å². The minimum Gasteiger partial charge on any atom is -0.493 e. The fraction of sp³-hybridized carbons (Fsp3) is 0.438. The monoisotopic (exact) mass is 271 g/mol. The van der Waals surface area contributed by atoms with Gasteiger partial charge in [0.05, 0.1) is 12.3 Å². The van der Waals surface area contributed by atoms with Gasteiger partial charge in [0.2, 0.25) is 0 Å². The number of nitrogens with one attached hydrogen (secondary N) is 1. The summed E-state index contributed by atoms with van der Waals surface area (Å²) in [6.45, 7) is 2.80. The summed E-state index contributed by atoms with van der Waals surface area (Å²) in [6.07, 6.45) is 4.06. The van der Waals surface area contributed by atoms with Crippen LogP contribution in [-0.2, 0) is 13.5 Å². The summed E-state index contributed by atoms with van der Waals surface area (Å²) in [5.41, 5.74) is 2.48. The number of nitrogens with zero attached hydrogens (tertiary/aromatic N) is 2. The second kappa shape index (κ2) is 6.09. The van der Waals surface area contributed by atoms with Crippen LogP contribution in [-0.4, -0.2) is 29.5 Å². The maximum Gasteiger partial charge on any atom is 0.122 e. The molecule has 1 aromatic carbocycles. The number of benzene rings is 1. The van der Waals surface area contributed by atoms with Crippen LogP contribution in [0.25, 0.3) is 0 Å². The van der Waals surface area contributed by atoms with Crippen LogP contribution in [0.4, 0.5) is 0 Å². The molecule has 0 radical (unpaired) electrons. The third-order valence-electron chi connectivity index (χ3n) is 3.80. The Balaban J connectivity index is 1.50. The fourth-order valence-electron chi connectivity index (χ4n) is 2.72. The van der Waals surface area contributed by atoms with Crippen LogP contribution in [0.15, 0.2) is 36.5 Å². The predicted octanol–water partition coefficient (Wildman–Crippen LogP) is 2.12. The predicted molar refractivity (Wildman–Crippen MR) is 79.1 cm³/mol. The van der Waals surface area contributed by atoms with Crippen LogP contribution < -0.4 is 10.1 Å². The Hall–Kier alpha value is -1.81. The molecule has 4 nitrogen and oxygen atoms in total. The van der Waals surface area contributed by atoms with Gasteiger partial charge in [-0.2, -0.15) is 5.10 Å². The van der Waals surface area contributed by atoms with Gasteiger partial charge in [-0.1, -0.05) is 18.2 Å². The molecule has 4 heteroatoms. The smallest absolute Gasteiger partial charge is 0.122 e. The minimum absolute atomic E-state index is 0.559. The maximum absolute atomic E-state index is 5.69. The maximum atomic E-state index is 5.69. The molecule has 3 rings (SSSR count). The van der Waals surface area contributed by atoms with Crippen molar-refractivity contribution in [1.29, 1.82) is 0 Å². The second-order valence-corrected chi connectivity index (χ2v) is 5.31. The first-order valence-corrected chi connectivity index (χ1v) is 7.24. The van der Waals surface area contributed by atoms with E-state index in [2.05, 4.69) is 34.7 Å². The molecule has 1 aliphatic rings. The van der Waals surface area contributed by atoms with Crippen molar-refractivity contribution < 1.29 is 4.74 Å². The van der Waals surface area contributed by atoms with E-state index in [1.807, 2.05) is 24.0 Å². The van der Waals surface area contributed by atoms with Gasteiger partial charge >= 0.3 is 0 Å². The Morgan fingerprint density at radius 3 is 3.10 bits per heavy atom. The summed E-state index contributed by atoms with van der Waals surface area (Å²) in [5.74, 6) is 1.61. The highest BCUT2D eigenvalue weighted by Crippen LogP contribution is 2.32. The topological polar surface area (TPSA) is 39.1 Å². The molecule has 0 amide bonds. The molecule has 0 spiro atoms. The highest BCUT2D eigenvalue weighted by atomic mass is 16.5. The molecule has 1 N–H and O–H groups in total. The van der Waals surface area contributed by atoms with Gasteiger partial charge < -0.3 is 10.1 Å². The van der Waals surface area contributed by atoms with E-state index in [-0.39, 0.29) is 0 Å². The number of hydrogen-bond acceptors (Lipinski definition) is 3. The highest BCUT2D eigenvalue weighted by Gasteiger charge is 2.20. The molecule has 1 atom stereocenters. The largest absolute Gasteiger partial charge is 0.493 e. The van der Waals surface area contributed by atoms with Crippen molar-refractivity contribution in [2.45, 2.75) is 18.8 Å². The lowest BCUT2D eigenvalue weighted by atomic mass is 9.93. The number of rotatable bonds is 5. The molecule has 20 heavy (non-hydrogen) atoms. The molecule has 0 fully saturated rings. The second-order valence-electron chi connectivity index (χ2n) is 5.31. The minimum atomic E-state index is 0.559. The summed E-state index contributed by atoms with van der Waals surface area (Å²) in [5, 5.41) is 7.94. The Morgan fingerprint density at radius 2 is 2.25 bits per heavy atom. The van der Waals surface area contributed by atoms with Gasteiger partial charge in [-0.3, -0.25) is 4.68 Å². The van der Waals surface area contributed by atoms with Crippen molar-refractivity contribution in [2.24, 2.45) is 7.05 Å². The Labute approximate surface area is 119 Å². The molecule has 1 unspecified atom stereocenters. The average Bonchev–Trinajstić information content (AvgIpc) is 2.89. The van der Waals surface area contributed by atoms with Gasteiger partial charge in [-0.15, -0.1) is 0 Å². The molecule has 2 aromatic rings. The van der Waals surface area contributed by atoms with E-state index < -0.39 is 0 Å². The van der Waals surface area contributed by atoms with E-state index in [1.165, 1.54) is 5.56 Å². The van der Waals surface area contributed by atoms with E-state index in [1.54, 1.807) is 0 Å². The number of hydrogen-bond donors (Lipinski definition) is 1. The van der Waals surface area contributed by atoms with Gasteiger partial charge in [-0.05, 0) is 24.1 Å². The van der Waals surface area contributed by atoms with E-state index in [9.17, 15) is 0 Å². The van der Waals surface area contributed by atoms with E-state index >= 15 is 0 Å². The van der Waals surface area contributed by atoms with Crippen LogP contribution in [0.3, 0.4) is 0 Å². The highest BCUT2D eigenvalue weighted by molar-refractivity contribution is 5.37. The lowest BCUT2D eigenvalue weighted by Gasteiger charge is -2.26. The van der Waals surface area contributed by atoms with Gasteiger partial charge in [-0.25, -0.2) is 0 Å². The van der Waals surface area contributed by atoms with Gasteiger partial charge in [0, 0.05) is 38.7 Å². The van der Waals surface area contributed by atoms with Gasteiger partial charge in [0.1, 0.15) is 5.75 Å². The summed E-state index contributed by atoms with van der Waals surface area (Å²) >= 11 is 0. The number of ether oxygens (including phenoxy) is 1. The van der Waals surface area contributed by atoms with Crippen molar-refractivity contribution in [2.75, 3.05) is 19.7 Å². The lowest BCUT2D eigenvalue weighted by Crippen LogP contribution is -2.27. The Morgan fingerprint density at radius 1 is 1.35 bits per heavy atom. The molecule has 0 saturated carbocycles. The Bertz CT molecular complexity index is 564. The zero-order valence-corrected chi connectivity index (χ0v) is 11.9. The zero-order valence-electron chi connectivity index (χ0n) is 11.9. The zero-order chi connectivity index (χ0) is 13.8. The molecule has 106 valence electrons. The number of aromatic nitrogens is 2. The average molecular weight is 271 g/mol. The first kappa shape index (κ1) is 13.2. The van der Waals surface area contributed by atoms with Crippen LogP contribution in [0.5, 0.6) is 5.75 Å². The van der Waals surface area contributed by atoms with E-state index in [0.29, 0.717) is 5.92 Å². The first-order chi connectivity index (χ1) is 9.83. The van der Waals surface area contributed by atoms with E-state index in [4.69, 9.17) is 4.74 Å². The molecule has 0 bridgehead atoms. The fourth-order valence-corrected chi connectivity index (χ4v) is 2.72. The van der Waals surface area contributed by atoms with Crippen molar-refractivity contribution in [3.63, 3.8) is 0 Å². The molecule has 1 aliphatic heterocycles. The van der Waals surface area contributed by atoms with E-state index in [0.717, 1.165) is 44.0 Å². The molecule has 0 aliphatic carbocycles. The summed E-state index contributed by atoms with van der Waals surface area (Å²) < 4.78 is 7.54. The first-order valence-electron chi connectivity index (χ1n) is 7.24. The third kappa shape index (κ3) is 3.02. The van der Waals surface area contributed by atoms with Crippen LogP contribution in [0.2, 0.25) is 0 Å². The summed E-state index contributed by atoms with van der Waals surface area (Å²) in [6, 6.07) is 10.4. The molecule has 0 saturated heterocycles. The standard InChI is InChI=1S/C16H21N3O/c1-19-10-7-14(18-19)6-9-17-12-13-8-11-20-16-5-3-2-4-15(13)16/h2-5,7,10,13,17H,6,8-9,11-12H2,1H3. The van der Waals surface area contributed by atoms with Crippen LogP contribution in [0.1, 0.15) is 23.6 Å². The summed E-state index contributed by atoms with van der Waals surface area (Å²) in [7, 11) is 1.95. The third-order valence-corrected chi connectivity index (χ3v) is 3.80. The lowest BCUT2D eigenvalue weighted by molar-refractivity contribution is 0.265. The van der Waals surface area contributed by atoms with Gasteiger partial charge in [0.25, 0.3) is 0 Å². The van der Waals surface area contributed by atoms with Crippen LogP contribution in [0, 0.1) is 0 Å². The SMILES string of the molecule is Cn1ccc(CCNCC2CCOc3ccccc32)n1. The van der Waals surface area contributed by atoms with Crippen molar-refractivity contribution in [3.05, 3.63) is 47.8 Å². The number of aryl methyl sites for hydroxylation is 1. The molecular weight excluding hydrogens is 250 g/mol. The van der Waals surface area contributed by atoms with Gasteiger partial charge in [0.15, 0.2) is 0 Å². The molecule has 1 aromatic heterocycles. The van der Waals surface area contributed by atoms with Crippen LogP contribution >= 0.6 is 0 Å². The number of fused-ring (bicyclic) bond motifs is 1. The molecule has 2 heterocycles.